The number of amides is 1. The summed E-state index contributed by atoms with van der Waals surface area (Å²) < 4.78 is 0.597. The number of halogens is 1. The molecule has 6 nitrogen and oxygen atoms in total. The summed E-state index contributed by atoms with van der Waals surface area (Å²) in [4.78, 5) is 21.9. The average Bonchev–Trinajstić information content (AvgIpc) is 2.31. The largest absolute Gasteiger partial charge is 0.320 e. The lowest BCUT2D eigenvalue weighted by atomic mass is 10.2. The van der Waals surface area contributed by atoms with Gasteiger partial charge in [0.05, 0.1) is 4.92 Å². The molecule has 2 N–H and O–H groups in total. The maximum Gasteiger partial charge on any atom is 0.293 e. The summed E-state index contributed by atoms with van der Waals surface area (Å²) in [5, 5.41) is 16.4. The molecule has 0 radical (unpaired) electrons. The Hall–Kier alpha value is -1.47. The minimum Gasteiger partial charge on any atom is -0.320 e. The topological polar surface area (TPSA) is 84.3 Å². The van der Waals surface area contributed by atoms with E-state index < -0.39 is 4.92 Å². The molecule has 0 spiro atoms. The molecule has 0 bridgehead atoms. The number of hydrogen-bond acceptors (Lipinski definition) is 4. The fourth-order valence-corrected chi connectivity index (χ4v) is 1.70. The SMILES string of the molecule is CCNCCC(=O)Nc1ccc(Br)cc1[N+](=O)[O-]. The van der Waals surface area contributed by atoms with Crippen LogP contribution in [0.2, 0.25) is 0 Å². The third kappa shape index (κ3) is 4.42. The second-order valence-electron chi connectivity index (χ2n) is 3.57. The lowest BCUT2D eigenvalue weighted by Crippen LogP contribution is -2.21. The van der Waals surface area contributed by atoms with Crippen molar-refractivity contribution in [3.63, 3.8) is 0 Å². The fraction of sp³-hybridized carbons (Fsp3) is 0.364. The fourth-order valence-electron chi connectivity index (χ4n) is 1.35. The van der Waals surface area contributed by atoms with Gasteiger partial charge in [-0.3, -0.25) is 14.9 Å². The summed E-state index contributed by atoms with van der Waals surface area (Å²) in [7, 11) is 0. The van der Waals surface area contributed by atoms with Gasteiger partial charge in [0.1, 0.15) is 5.69 Å². The first-order valence-corrected chi connectivity index (χ1v) is 6.28. The Labute approximate surface area is 113 Å². The highest BCUT2D eigenvalue weighted by Crippen LogP contribution is 2.27. The summed E-state index contributed by atoms with van der Waals surface area (Å²) in [6.45, 7) is 3.27. The summed E-state index contributed by atoms with van der Waals surface area (Å²) >= 11 is 3.15. The van der Waals surface area contributed by atoms with Crippen LogP contribution in [0.4, 0.5) is 11.4 Å². The molecular formula is C11H14BrN3O3. The molecular weight excluding hydrogens is 302 g/mol. The predicted molar refractivity (Wildman–Crippen MR) is 72.6 cm³/mol. The molecule has 98 valence electrons. The highest BCUT2D eigenvalue weighted by molar-refractivity contribution is 9.10. The first-order chi connectivity index (χ1) is 8.54. The standard InChI is InChI=1S/C11H14BrN3O3/c1-2-13-6-5-11(16)14-9-4-3-8(12)7-10(9)15(17)18/h3-4,7,13H,2,5-6H2,1H3,(H,14,16). The van der Waals surface area contributed by atoms with Gasteiger partial charge < -0.3 is 10.6 Å². The van der Waals surface area contributed by atoms with Crippen molar-refractivity contribution in [3.8, 4) is 0 Å². The number of benzene rings is 1. The van der Waals surface area contributed by atoms with Crippen molar-refractivity contribution in [2.24, 2.45) is 0 Å². The number of nitrogens with one attached hydrogen (secondary N) is 2. The predicted octanol–water partition coefficient (Wildman–Crippen LogP) is 2.30. The first kappa shape index (κ1) is 14.6. The van der Waals surface area contributed by atoms with Gasteiger partial charge >= 0.3 is 0 Å². The van der Waals surface area contributed by atoms with Crippen molar-refractivity contribution in [1.82, 2.24) is 5.32 Å². The average molecular weight is 316 g/mol. The number of rotatable bonds is 6. The summed E-state index contributed by atoms with van der Waals surface area (Å²) in [5.41, 5.74) is 0.0888. The van der Waals surface area contributed by atoms with E-state index in [1.807, 2.05) is 6.92 Å². The van der Waals surface area contributed by atoms with E-state index in [1.165, 1.54) is 12.1 Å². The Kier molecular flexibility index (Phi) is 5.73. The maximum atomic E-state index is 11.6. The number of nitro benzene ring substituents is 1. The van der Waals surface area contributed by atoms with Gasteiger partial charge in [-0.1, -0.05) is 22.9 Å². The quantitative estimate of drug-likeness (QED) is 0.479. The summed E-state index contributed by atoms with van der Waals surface area (Å²) in [6, 6.07) is 4.51. The Balaban J connectivity index is 2.72. The molecule has 0 saturated heterocycles. The number of hydrogen-bond donors (Lipinski definition) is 2. The van der Waals surface area contributed by atoms with E-state index in [0.717, 1.165) is 6.54 Å². The first-order valence-electron chi connectivity index (χ1n) is 5.49. The van der Waals surface area contributed by atoms with Gasteiger partial charge in [0, 0.05) is 23.5 Å². The lowest BCUT2D eigenvalue weighted by molar-refractivity contribution is -0.384. The van der Waals surface area contributed by atoms with Crippen molar-refractivity contribution in [1.29, 1.82) is 0 Å². The molecule has 0 fully saturated rings. The van der Waals surface area contributed by atoms with E-state index in [2.05, 4.69) is 26.6 Å². The number of nitrogens with zero attached hydrogens (tertiary/aromatic N) is 1. The molecule has 0 unspecified atom stereocenters. The van der Waals surface area contributed by atoms with Gasteiger partial charge in [0.15, 0.2) is 0 Å². The van der Waals surface area contributed by atoms with Gasteiger partial charge in [-0.05, 0) is 18.7 Å². The zero-order chi connectivity index (χ0) is 13.5. The highest BCUT2D eigenvalue weighted by Gasteiger charge is 2.15. The van der Waals surface area contributed by atoms with E-state index >= 15 is 0 Å². The normalized spacial score (nSPS) is 10.1. The van der Waals surface area contributed by atoms with Crippen molar-refractivity contribution in [2.45, 2.75) is 13.3 Å². The number of carbonyl (C=O) groups excluding carboxylic acids is 1. The summed E-state index contributed by atoms with van der Waals surface area (Å²) in [5.74, 6) is -0.249. The molecule has 0 aliphatic carbocycles. The molecule has 0 atom stereocenters. The van der Waals surface area contributed by atoms with Crippen LogP contribution in [0.3, 0.4) is 0 Å². The van der Waals surface area contributed by atoms with E-state index in [9.17, 15) is 14.9 Å². The van der Waals surface area contributed by atoms with Crippen LogP contribution >= 0.6 is 15.9 Å². The molecule has 7 heteroatoms. The molecule has 0 aromatic heterocycles. The summed E-state index contributed by atoms with van der Waals surface area (Å²) in [6.07, 6.45) is 0.279. The molecule has 0 heterocycles. The van der Waals surface area contributed by atoms with Crippen LogP contribution in [0.15, 0.2) is 22.7 Å². The lowest BCUT2D eigenvalue weighted by Gasteiger charge is -2.06. The molecule has 0 saturated carbocycles. The van der Waals surface area contributed by atoms with Crippen LogP contribution in [0.1, 0.15) is 13.3 Å². The number of nitro groups is 1. The van der Waals surface area contributed by atoms with E-state index in [-0.39, 0.29) is 23.7 Å². The number of carbonyl (C=O) groups is 1. The van der Waals surface area contributed by atoms with Crippen molar-refractivity contribution < 1.29 is 9.72 Å². The van der Waals surface area contributed by atoms with Crippen LogP contribution in [0, 0.1) is 10.1 Å². The van der Waals surface area contributed by atoms with Crippen LogP contribution in [0.25, 0.3) is 0 Å². The molecule has 1 amide bonds. The third-order valence-electron chi connectivity index (χ3n) is 2.21. The van der Waals surface area contributed by atoms with Gasteiger partial charge in [0.25, 0.3) is 5.69 Å². The van der Waals surface area contributed by atoms with Crippen molar-refractivity contribution in [2.75, 3.05) is 18.4 Å². The second kappa shape index (κ2) is 7.07. The van der Waals surface area contributed by atoms with E-state index in [0.29, 0.717) is 11.0 Å². The molecule has 1 rings (SSSR count). The van der Waals surface area contributed by atoms with Gasteiger partial charge in [-0.2, -0.15) is 0 Å². The van der Waals surface area contributed by atoms with Crippen LogP contribution in [-0.4, -0.2) is 23.9 Å². The van der Waals surface area contributed by atoms with Gasteiger partial charge in [0.2, 0.25) is 5.91 Å². The third-order valence-corrected chi connectivity index (χ3v) is 2.70. The molecule has 0 aliphatic heterocycles. The Bertz CT molecular complexity index is 451. The monoisotopic (exact) mass is 315 g/mol. The van der Waals surface area contributed by atoms with Crippen LogP contribution in [0.5, 0.6) is 0 Å². The Morgan fingerprint density at radius 1 is 1.50 bits per heavy atom. The molecule has 18 heavy (non-hydrogen) atoms. The minimum absolute atomic E-state index is 0.124. The zero-order valence-electron chi connectivity index (χ0n) is 9.90. The maximum absolute atomic E-state index is 11.6. The molecule has 1 aromatic carbocycles. The molecule has 0 aliphatic rings. The van der Waals surface area contributed by atoms with Gasteiger partial charge in [-0.15, -0.1) is 0 Å². The Morgan fingerprint density at radius 2 is 2.22 bits per heavy atom. The van der Waals surface area contributed by atoms with Crippen molar-refractivity contribution >= 4 is 33.2 Å². The second-order valence-corrected chi connectivity index (χ2v) is 4.49. The number of anilines is 1. The van der Waals surface area contributed by atoms with Gasteiger partial charge in [-0.25, -0.2) is 0 Å². The van der Waals surface area contributed by atoms with Crippen LogP contribution < -0.4 is 10.6 Å². The highest BCUT2D eigenvalue weighted by atomic mass is 79.9. The van der Waals surface area contributed by atoms with Crippen LogP contribution in [-0.2, 0) is 4.79 Å². The van der Waals surface area contributed by atoms with E-state index in [1.54, 1.807) is 6.07 Å². The van der Waals surface area contributed by atoms with E-state index in [4.69, 9.17) is 0 Å². The molecule has 1 aromatic rings. The zero-order valence-corrected chi connectivity index (χ0v) is 11.5. The van der Waals surface area contributed by atoms with Crippen molar-refractivity contribution in [3.05, 3.63) is 32.8 Å². The smallest absolute Gasteiger partial charge is 0.293 e. The minimum atomic E-state index is -0.523. The Morgan fingerprint density at radius 3 is 2.83 bits per heavy atom.